The van der Waals surface area contributed by atoms with Crippen molar-refractivity contribution in [3.63, 3.8) is 0 Å². The van der Waals surface area contributed by atoms with E-state index in [0.717, 1.165) is 30.2 Å². The molecule has 1 aliphatic rings. The van der Waals surface area contributed by atoms with Gasteiger partial charge in [0, 0.05) is 19.6 Å². The zero-order chi connectivity index (χ0) is 20.7. The van der Waals surface area contributed by atoms with Crippen LogP contribution in [0.4, 0.5) is 0 Å². The summed E-state index contributed by atoms with van der Waals surface area (Å²) >= 11 is 0. The smallest absolute Gasteiger partial charge is 0.310 e. The predicted octanol–water partition coefficient (Wildman–Crippen LogP) is 3.21. The van der Waals surface area contributed by atoms with Crippen molar-refractivity contribution in [2.75, 3.05) is 26.7 Å². The fourth-order valence-electron chi connectivity index (χ4n) is 3.31. The average Bonchev–Trinajstić information content (AvgIpc) is 3.04. The quantitative estimate of drug-likeness (QED) is 0.460. The summed E-state index contributed by atoms with van der Waals surface area (Å²) in [6.45, 7) is 13.7. The highest BCUT2D eigenvalue weighted by Gasteiger charge is 2.36. The van der Waals surface area contributed by atoms with E-state index in [2.05, 4.69) is 63.0 Å². The van der Waals surface area contributed by atoms with Crippen LogP contribution in [0, 0.1) is 11.8 Å². The van der Waals surface area contributed by atoms with Crippen LogP contribution in [0.3, 0.4) is 0 Å². The van der Waals surface area contributed by atoms with Crippen LogP contribution in [-0.4, -0.2) is 49.2 Å². The molecule has 1 aromatic rings. The van der Waals surface area contributed by atoms with Gasteiger partial charge in [-0.05, 0) is 44.7 Å². The Morgan fingerprint density at radius 1 is 1.29 bits per heavy atom. The molecule has 1 saturated heterocycles. The predicted molar refractivity (Wildman–Crippen MR) is 112 cm³/mol. The number of nitrogens with one attached hydrogen (secondary N) is 1. The van der Waals surface area contributed by atoms with Gasteiger partial charge in [0.1, 0.15) is 0 Å². The minimum Gasteiger partial charge on any atom is -0.469 e. The maximum atomic E-state index is 12.0. The van der Waals surface area contributed by atoms with Crippen LogP contribution in [-0.2, 0) is 27.4 Å². The molecule has 6 heteroatoms. The van der Waals surface area contributed by atoms with Gasteiger partial charge in [0.2, 0.25) is 0 Å². The van der Waals surface area contributed by atoms with Crippen LogP contribution in [0.5, 0.6) is 0 Å². The van der Waals surface area contributed by atoms with Gasteiger partial charge in [0.15, 0.2) is 5.96 Å². The maximum Gasteiger partial charge on any atom is 0.310 e. The van der Waals surface area contributed by atoms with E-state index in [9.17, 15) is 4.79 Å². The van der Waals surface area contributed by atoms with E-state index in [-0.39, 0.29) is 23.4 Å². The normalized spacial score (nSPS) is 20.4. The number of aliphatic imine (C=N–C) groups is 1. The summed E-state index contributed by atoms with van der Waals surface area (Å²) in [6.07, 6.45) is 0. The lowest BCUT2D eigenvalue weighted by molar-refractivity contribution is -0.145. The summed E-state index contributed by atoms with van der Waals surface area (Å²) < 4.78 is 10.8. The zero-order valence-electron chi connectivity index (χ0n) is 18.1. The highest BCUT2D eigenvalue weighted by atomic mass is 16.5. The van der Waals surface area contributed by atoms with Crippen molar-refractivity contribution in [1.82, 2.24) is 10.2 Å². The lowest BCUT2D eigenvalue weighted by Gasteiger charge is -2.21. The average molecular weight is 390 g/mol. The second-order valence-corrected chi connectivity index (χ2v) is 8.40. The van der Waals surface area contributed by atoms with Crippen molar-refractivity contribution in [1.29, 1.82) is 0 Å². The molecule has 0 radical (unpaired) electrons. The molecule has 1 aromatic carbocycles. The van der Waals surface area contributed by atoms with E-state index in [1.807, 2.05) is 6.07 Å². The summed E-state index contributed by atoms with van der Waals surface area (Å²) in [4.78, 5) is 18.9. The number of benzene rings is 1. The standard InChI is InChI=1S/C22H35N3O3/c1-7-23-21(25-13-16(2)19(14-25)20(26)27-6)24-12-17-9-8-10-18(11-17)15-28-22(3,4)5/h8-11,16,19H,7,12-15H2,1-6H3,(H,23,24). The lowest BCUT2D eigenvalue weighted by Crippen LogP contribution is -2.40. The van der Waals surface area contributed by atoms with Crippen LogP contribution in [0.1, 0.15) is 45.7 Å². The lowest BCUT2D eigenvalue weighted by atomic mass is 9.99. The molecule has 1 fully saturated rings. The molecular weight excluding hydrogens is 354 g/mol. The molecule has 1 aliphatic heterocycles. The van der Waals surface area contributed by atoms with Crippen molar-refractivity contribution < 1.29 is 14.3 Å². The molecule has 2 unspecified atom stereocenters. The Balaban J connectivity index is 2.06. The molecule has 156 valence electrons. The molecule has 2 rings (SSSR count). The third kappa shape index (κ3) is 6.51. The van der Waals surface area contributed by atoms with Gasteiger partial charge in [0.25, 0.3) is 0 Å². The molecule has 6 nitrogen and oxygen atoms in total. The number of nitrogens with zero attached hydrogens (tertiary/aromatic N) is 2. The number of carbonyl (C=O) groups is 1. The number of hydrogen-bond donors (Lipinski definition) is 1. The van der Waals surface area contributed by atoms with Gasteiger partial charge in [-0.15, -0.1) is 0 Å². The van der Waals surface area contributed by atoms with Crippen LogP contribution < -0.4 is 5.32 Å². The van der Waals surface area contributed by atoms with Gasteiger partial charge in [0.05, 0.1) is 31.8 Å². The fourth-order valence-corrected chi connectivity index (χ4v) is 3.31. The molecule has 28 heavy (non-hydrogen) atoms. The monoisotopic (exact) mass is 389 g/mol. The Morgan fingerprint density at radius 3 is 2.64 bits per heavy atom. The molecule has 0 aliphatic carbocycles. The topological polar surface area (TPSA) is 63.2 Å². The first-order valence-electron chi connectivity index (χ1n) is 10.1. The molecule has 0 saturated carbocycles. The van der Waals surface area contributed by atoms with Crippen LogP contribution in [0.25, 0.3) is 0 Å². The fraction of sp³-hybridized carbons (Fsp3) is 0.636. The molecular formula is C22H35N3O3. The number of rotatable bonds is 6. The van der Waals surface area contributed by atoms with Crippen LogP contribution >= 0.6 is 0 Å². The summed E-state index contributed by atoms with van der Waals surface area (Å²) in [6, 6.07) is 8.35. The Hall–Kier alpha value is -2.08. The van der Waals surface area contributed by atoms with Gasteiger partial charge in [-0.2, -0.15) is 0 Å². The molecule has 0 bridgehead atoms. The number of methoxy groups -OCH3 is 1. The van der Waals surface area contributed by atoms with E-state index >= 15 is 0 Å². The third-order valence-corrected chi connectivity index (χ3v) is 4.83. The van der Waals surface area contributed by atoms with Crippen molar-refractivity contribution in [2.45, 2.75) is 53.4 Å². The van der Waals surface area contributed by atoms with E-state index in [1.165, 1.54) is 7.11 Å². The van der Waals surface area contributed by atoms with Crippen molar-refractivity contribution >= 4 is 11.9 Å². The summed E-state index contributed by atoms with van der Waals surface area (Å²) in [7, 11) is 1.45. The maximum absolute atomic E-state index is 12.0. The van der Waals surface area contributed by atoms with Crippen molar-refractivity contribution in [2.24, 2.45) is 16.8 Å². The minimum atomic E-state index is -0.158. The largest absolute Gasteiger partial charge is 0.469 e. The van der Waals surface area contributed by atoms with E-state index in [0.29, 0.717) is 19.7 Å². The second kappa shape index (κ2) is 9.92. The third-order valence-electron chi connectivity index (χ3n) is 4.83. The van der Waals surface area contributed by atoms with E-state index < -0.39 is 0 Å². The van der Waals surface area contributed by atoms with Gasteiger partial charge in [-0.3, -0.25) is 4.79 Å². The number of esters is 1. The van der Waals surface area contributed by atoms with E-state index in [1.54, 1.807) is 0 Å². The Kier molecular flexibility index (Phi) is 7.87. The van der Waals surface area contributed by atoms with Gasteiger partial charge in [-0.1, -0.05) is 31.2 Å². The summed E-state index contributed by atoms with van der Waals surface area (Å²) in [5.74, 6) is 0.843. The molecule has 1 heterocycles. The molecule has 0 amide bonds. The number of hydrogen-bond acceptors (Lipinski definition) is 4. The number of ether oxygens (including phenoxy) is 2. The van der Waals surface area contributed by atoms with Gasteiger partial charge < -0.3 is 19.7 Å². The van der Waals surface area contributed by atoms with Gasteiger partial charge in [-0.25, -0.2) is 4.99 Å². The van der Waals surface area contributed by atoms with E-state index in [4.69, 9.17) is 14.5 Å². The summed E-state index contributed by atoms with van der Waals surface area (Å²) in [5, 5.41) is 3.35. The Labute approximate surface area is 169 Å². The Morgan fingerprint density at radius 2 is 2.00 bits per heavy atom. The first kappa shape index (κ1) is 22.2. The minimum absolute atomic E-state index is 0.105. The van der Waals surface area contributed by atoms with Gasteiger partial charge >= 0.3 is 5.97 Å². The number of carbonyl (C=O) groups excluding carboxylic acids is 1. The highest BCUT2D eigenvalue weighted by Crippen LogP contribution is 2.24. The highest BCUT2D eigenvalue weighted by molar-refractivity contribution is 5.82. The Bertz CT molecular complexity index is 682. The first-order valence-corrected chi connectivity index (χ1v) is 10.1. The molecule has 0 spiro atoms. The number of guanidine groups is 1. The summed E-state index contributed by atoms with van der Waals surface area (Å²) in [5.41, 5.74) is 2.13. The van der Waals surface area contributed by atoms with Crippen molar-refractivity contribution in [3.05, 3.63) is 35.4 Å². The van der Waals surface area contributed by atoms with Crippen LogP contribution in [0.2, 0.25) is 0 Å². The molecule has 2 atom stereocenters. The number of likely N-dealkylation sites (tertiary alicyclic amines) is 1. The molecule has 1 N–H and O–H groups in total. The van der Waals surface area contributed by atoms with Crippen molar-refractivity contribution in [3.8, 4) is 0 Å². The first-order chi connectivity index (χ1) is 13.2. The second-order valence-electron chi connectivity index (χ2n) is 8.40. The van der Waals surface area contributed by atoms with Crippen LogP contribution in [0.15, 0.2) is 29.3 Å². The molecule has 0 aromatic heterocycles. The SMILES string of the molecule is CCNC(=NCc1cccc(COC(C)(C)C)c1)N1CC(C)C(C(=O)OC)C1. The zero-order valence-corrected chi connectivity index (χ0v) is 18.1.